The van der Waals surface area contributed by atoms with Crippen LogP contribution in [0.3, 0.4) is 0 Å². The van der Waals surface area contributed by atoms with Gasteiger partial charge in [0.1, 0.15) is 0 Å². The summed E-state index contributed by atoms with van der Waals surface area (Å²) in [7, 11) is 3.60. The Morgan fingerprint density at radius 2 is 1.93 bits per heavy atom. The molecule has 2 nitrogen and oxygen atoms in total. The summed E-state index contributed by atoms with van der Waals surface area (Å²) >= 11 is 0. The number of halogens is 2. The smallest absolute Gasteiger partial charge is 0.163 e. The largest absolute Gasteiger partial charge is 0.250 e. The molecule has 0 saturated carbocycles. The highest BCUT2D eigenvalue weighted by molar-refractivity contribution is 5.21. The van der Waals surface area contributed by atoms with Gasteiger partial charge in [0.2, 0.25) is 0 Å². The van der Waals surface area contributed by atoms with E-state index in [9.17, 15) is 8.78 Å². The molecule has 1 unspecified atom stereocenters. The van der Waals surface area contributed by atoms with Crippen molar-refractivity contribution in [2.24, 2.45) is 0 Å². The summed E-state index contributed by atoms with van der Waals surface area (Å²) in [5.74, 6) is -1.59. The third-order valence-electron chi connectivity index (χ3n) is 1.90. The zero-order valence-corrected chi connectivity index (χ0v) is 8.51. The van der Waals surface area contributed by atoms with E-state index in [2.05, 4.69) is 5.43 Å². The summed E-state index contributed by atoms with van der Waals surface area (Å²) in [6, 6.07) is 3.93. The van der Waals surface area contributed by atoms with Crippen LogP contribution in [0.25, 0.3) is 0 Å². The highest BCUT2D eigenvalue weighted by Gasteiger charge is 2.13. The van der Waals surface area contributed by atoms with E-state index in [-0.39, 0.29) is 6.04 Å². The maximum atomic E-state index is 13.3. The number of hydrazine groups is 1. The van der Waals surface area contributed by atoms with Gasteiger partial charge in [-0.2, -0.15) is 0 Å². The van der Waals surface area contributed by atoms with Crippen LogP contribution in [-0.4, -0.2) is 19.1 Å². The SMILES string of the molecule is CC(NN(C)C)c1cccc(F)c1F. The van der Waals surface area contributed by atoms with Crippen molar-refractivity contribution in [1.82, 2.24) is 10.4 Å². The summed E-state index contributed by atoms with van der Waals surface area (Å²) < 4.78 is 26.1. The molecule has 1 N–H and O–H groups in total. The molecule has 1 atom stereocenters. The minimum absolute atomic E-state index is 0.249. The molecular weight excluding hydrogens is 186 g/mol. The second-order valence-electron chi connectivity index (χ2n) is 3.39. The molecule has 0 fully saturated rings. The summed E-state index contributed by atoms with van der Waals surface area (Å²) in [5, 5.41) is 1.70. The maximum absolute atomic E-state index is 13.3. The number of hydrogen-bond acceptors (Lipinski definition) is 2. The van der Waals surface area contributed by atoms with Gasteiger partial charge in [0.05, 0.1) is 0 Å². The Hall–Kier alpha value is -1.00. The molecule has 0 spiro atoms. The highest BCUT2D eigenvalue weighted by atomic mass is 19.2. The number of hydrogen-bond donors (Lipinski definition) is 1. The fraction of sp³-hybridized carbons (Fsp3) is 0.400. The van der Waals surface area contributed by atoms with Crippen LogP contribution in [0.5, 0.6) is 0 Å². The van der Waals surface area contributed by atoms with E-state index in [0.717, 1.165) is 6.07 Å². The molecule has 14 heavy (non-hydrogen) atoms. The average Bonchev–Trinajstić information content (AvgIpc) is 2.08. The van der Waals surface area contributed by atoms with Gasteiger partial charge in [-0.3, -0.25) is 5.01 Å². The van der Waals surface area contributed by atoms with Gasteiger partial charge in [0.15, 0.2) is 11.6 Å². The van der Waals surface area contributed by atoms with Crippen LogP contribution < -0.4 is 5.43 Å². The lowest BCUT2D eigenvalue weighted by molar-refractivity contribution is 0.248. The van der Waals surface area contributed by atoms with Gasteiger partial charge in [0, 0.05) is 25.7 Å². The quantitative estimate of drug-likeness (QED) is 0.751. The van der Waals surface area contributed by atoms with Crippen molar-refractivity contribution in [2.75, 3.05) is 14.1 Å². The molecule has 1 aromatic carbocycles. The predicted octanol–water partition coefficient (Wildman–Crippen LogP) is 2.09. The Labute approximate surface area is 82.5 Å². The standard InChI is InChI=1S/C10H14F2N2/c1-7(13-14(2)3)8-5-4-6-9(11)10(8)12/h4-7,13H,1-3H3. The Morgan fingerprint density at radius 3 is 2.50 bits per heavy atom. The van der Waals surface area contributed by atoms with Crippen LogP contribution in [0.1, 0.15) is 18.5 Å². The molecule has 1 rings (SSSR count). The first kappa shape index (κ1) is 11.1. The summed E-state index contributed by atoms with van der Waals surface area (Å²) in [4.78, 5) is 0. The fourth-order valence-corrected chi connectivity index (χ4v) is 1.31. The molecule has 0 aliphatic carbocycles. The Bertz CT molecular complexity index is 313. The van der Waals surface area contributed by atoms with E-state index in [0.29, 0.717) is 5.56 Å². The number of rotatable bonds is 3. The molecule has 0 aliphatic rings. The van der Waals surface area contributed by atoms with Crippen LogP contribution in [0.2, 0.25) is 0 Å². The highest BCUT2D eigenvalue weighted by Crippen LogP contribution is 2.18. The third kappa shape index (κ3) is 2.49. The molecule has 0 aliphatic heterocycles. The van der Waals surface area contributed by atoms with Crippen molar-refractivity contribution in [3.8, 4) is 0 Å². The predicted molar refractivity (Wildman–Crippen MR) is 51.6 cm³/mol. The summed E-state index contributed by atoms with van der Waals surface area (Å²) in [6.07, 6.45) is 0. The van der Waals surface area contributed by atoms with E-state index in [1.807, 2.05) is 0 Å². The number of nitrogens with zero attached hydrogens (tertiary/aromatic N) is 1. The minimum Gasteiger partial charge on any atom is -0.250 e. The van der Waals surface area contributed by atoms with E-state index in [1.54, 1.807) is 32.1 Å². The lowest BCUT2D eigenvalue weighted by atomic mass is 10.1. The molecular formula is C10H14F2N2. The van der Waals surface area contributed by atoms with E-state index in [1.165, 1.54) is 6.07 Å². The molecule has 0 saturated heterocycles. The fourth-order valence-electron chi connectivity index (χ4n) is 1.31. The van der Waals surface area contributed by atoms with Crippen LogP contribution in [0.15, 0.2) is 18.2 Å². The average molecular weight is 200 g/mol. The van der Waals surface area contributed by atoms with Crippen molar-refractivity contribution in [2.45, 2.75) is 13.0 Å². The summed E-state index contributed by atoms with van der Waals surface area (Å²) in [6.45, 7) is 1.78. The van der Waals surface area contributed by atoms with Crippen LogP contribution >= 0.6 is 0 Å². The van der Waals surface area contributed by atoms with Crippen molar-refractivity contribution < 1.29 is 8.78 Å². The Balaban J connectivity index is 2.89. The first-order valence-electron chi connectivity index (χ1n) is 4.39. The molecule has 0 amide bonds. The monoisotopic (exact) mass is 200 g/mol. The van der Waals surface area contributed by atoms with Gasteiger partial charge >= 0.3 is 0 Å². The van der Waals surface area contributed by atoms with Gasteiger partial charge in [-0.15, -0.1) is 0 Å². The summed E-state index contributed by atoms with van der Waals surface area (Å²) in [5.41, 5.74) is 3.29. The van der Waals surface area contributed by atoms with E-state index >= 15 is 0 Å². The molecule has 0 aromatic heterocycles. The van der Waals surface area contributed by atoms with Gasteiger partial charge < -0.3 is 0 Å². The normalized spacial score (nSPS) is 13.3. The van der Waals surface area contributed by atoms with Crippen molar-refractivity contribution in [3.05, 3.63) is 35.4 Å². The van der Waals surface area contributed by atoms with Crippen LogP contribution in [0.4, 0.5) is 8.78 Å². The molecule has 78 valence electrons. The first-order valence-corrected chi connectivity index (χ1v) is 4.39. The maximum Gasteiger partial charge on any atom is 0.163 e. The third-order valence-corrected chi connectivity index (χ3v) is 1.90. The van der Waals surface area contributed by atoms with Gasteiger partial charge in [-0.25, -0.2) is 14.2 Å². The zero-order chi connectivity index (χ0) is 10.7. The second-order valence-corrected chi connectivity index (χ2v) is 3.39. The molecule has 0 heterocycles. The van der Waals surface area contributed by atoms with Crippen molar-refractivity contribution in [1.29, 1.82) is 0 Å². The molecule has 0 bridgehead atoms. The number of benzene rings is 1. The van der Waals surface area contributed by atoms with Crippen LogP contribution in [0, 0.1) is 11.6 Å². The zero-order valence-electron chi connectivity index (χ0n) is 8.51. The molecule has 1 aromatic rings. The Kier molecular flexibility index (Phi) is 3.55. The van der Waals surface area contributed by atoms with Crippen molar-refractivity contribution >= 4 is 0 Å². The van der Waals surface area contributed by atoms with Gasteiger partial charge in [0.25, 0.3) is 0 Å². The second kappa shape index (κ2) is 4.48. The lowest BCUT2D eigenvalue weighted by Gasteiger charge is -2.20. The lowest BCUT2D eigenvalue weighted by Crippen LogP contribution is -2.33. The van der Waals surface area contributed by atoms with Crippen molar-refractivity contribution in [3.63, 3.8) is 0 Å². The van der Waals surface area contributed by atoms with E-state index in [4.69, 9.17) is 0 Å². The first-order chi connectivity index (χ1) is 6.52. The molecule has 4 heteroatoms. The minimum atomic E-state index is -0.810. The number of nitrogens with one attached hydrogen (secondary N) is 1. The topological polar surface area (TPSA) is 15.3 Å². The Morgan fingerprint density at radius 1 is 1.29 bits per heavy atom. The van der Waals surface area contributed by atoms with Gasteiger partial charge in [-0.1, -0.05) is 12.1 Å². The van der Waals surface area contributed by atoms with Crippen LogP contribution in [-0.2, 0) is 0 Å². The molecule has 0 radical (unpaired) electrons. The van der Waals surface area contributed by atoms with E-state index < -0.39 is 11.6 Å². The van der Waals surface area contributed by atoms with Gasteiger partial charge in [-0.05, 0) is 13.0 Å².